The number of benzene rings is 1. The maximum Gasteiger partial charge on any atom is 0.332 e. The molecule has 9 nitrogen and oxygen atoms in total. The molecule has 0 aliphatic rings. The number of fused-ring (bicyclic) bond motifs is 2. The first-order valence-electron chi connectivity index (χ1n) is 10.4. The molecule has 10 heteroatoms. The quantitative estimate of drug-likeness (QED) is 0.414. The van der Waals surface area contributed by atoms with Crippen molar-refractivity contribution in [1.82, 2.24) is 28.7 Å². The molecule has 0 aliphatic carbocycles. The van der Waals surface area contributed by atoms with E-state index < -0.39 is 17.3 Å². The first-order chi connectivity index (χ1) is 15.8. The lowest BCUT2D eigenvalue weighted by Gasteiger charge is -2.11. The average molecular weight is 464 g/mol. The molecule has 5 aromatic rings. The Bertz CT molecular complexity index is 1610. The second-order valence-corrected chi connectivity index (χ2v) is 8.50. The number of rotatable bonds is 5. The molecular formula is C23H22ClN7O2. The number of pyridine rings is 1. The number of hydrogen-bond acceptors (Lipinski definition) is 5. The summed E-state index contributed by atoms with van der Waals surface area (Å²) in [7, 11) is 3.35. The fourth-order valence-corrected chi connectivity index (χ4v) is 4.46. The third-order valence-corrected chi connectivity index (χ3v) is 6.26. The van der Waals surface area contributed by atoms with Crippen LogP contribution in [0.15, 0.2) is 58.4 Å². The average Bonchev–Trinajstić information content (AvgIpc) is 3.38. The number of aromatic nitrogens is 6. The van der Waals surface area contributed by atoms with E-state index in [0.717, 1.165) is 16.5 Å². The van der Waals surface area contributed by atoms with Crippen molar-refractivity contribution in [2.75, 3.05) is 0 Å². The van der Waals surface area contributed by atoms with E-state index in [2.05, 4.69) is 15.0 Å². The molecular weight excluding hydrogens is 442 g/mol. The molecule has 0 radical (unpaired) electrons. The molecule has 1 aromatic carbocycles. The van der Waals surface area contributed by atoms with E-state index in [1.807, 2.05) is 30.3 Å². The van der Waals surface area contributed by atoms with Gasteiger partial charge in [0.15, 0.2) is 11.2 Å². The second kappa shape index (κ2) is 8.02. The lowest BCUT2D eigenvalue weighted by atomic mass is 10.1. The number of aromatic amines is 1. The Morgan fingerprint density at radius 3 is 2.61 bits per heavy atom. The van der Waals surface area contributed by atoms with Crippen molar-refractivity contribution >= 4 is 33.7 Å². The van der Waals surface area contributed by atoms with Crippen molar-refractivity contribution in [2.24, 2.45) is 19.8 Å². The van der Waals surface area contributed by atoms with E-state index in [-0.39, 0.29) is 6.54 Å². The SMILES string of the molecule is Cn1c(C(N)Cc2ccncc2)nc2c1c(=O)n(Cc1cc3c(Cl)cccc3[nH]1)c(=O)n2C. The predicted octanol–water partition coefficient (Wildman–Crippen LogP) is 2.25. The summed E-state index contributed by atoms with van der Waals surface area (Å²) >= 11 is 6.27. The van der Waals surface area contributed by atoms with Gasteiger partial charge in [-0.3, -0.25) is 18.9 Å². The van der Waals surface area contributed by atoms with Crippen LogP contribution in [0.5, 0.6) is 0 Å². The maximum atomic E-state index is 13.4. The molecule has 4 heterocycles. The molecule has 4 aromatic heterocycles. The Morgan fingerprint density at radius 1 is 1.12 bits per heavy atom. The zero-order valence-electron chi connectivity index (χ0n) is 18.1. The lowest BCUT2D eigenvalue weighted by Crippen LogP contribution is -2.39. The summed E-state index contributed by atoms with van der Waals surface area (Å²) in [6, 6.07) is 10.7. The molecule has 0 spiro atoms. The summed E-state index contributed by atoms with van der Waals surface area (Å²) < 4.78 is 4.26. The Hall–Kier alpha value is -3.69. The van der Waals surface area contributed by atoms with Gasteiger partial charge in [0.2, 0.25) is 0 Å². The van der Waals surface area contributed by atoms with Crippen LogP contribution in [0.3, 0.4) is 0 Å². The Labute approximate surface area is 193 Å². The minimum absolute atomic E-state index is 0.0794. The van der Waals surface area contributed by atoms with Crippen molar-refractivity contribution in [3.05, 3.63) is 91.7 Å². The van der Waals surface area contributed by atoms with Gasteiger partial charge in [-0.1, -0.05) is 17.7 Å². The standard InChI is InChI=1S/C23H22ClN7O2/c1-29-19-21(28-20(29)17(25)10-13-6-8-26-9-7-13)30(2)23(33)31(22(19)32)12-14-11-15-16(24)4-3-5-18(15)27-14/h3-9,11,17,27H,10,12,25H2,1-2H3. The van der Waals surface area contributed by atoms with Crippen molar-refractivity contribution in [3.63, 3.8) is 0 Å². The topological polar surface area (TPSA) is 117 Å². The van der Waals surface area contributed by atoms with Gasteiger partial charge in [-0.15, -0.1) is 0 Å². The maximum absolute atomic E-state index is 13.4. The highest BCUT2D eigenvalue weighted by molar-refractivity contribution is 6.35. The van der Waals surface area contributed by atoms with Gasteiger partial charge in [-0.25, -0.2) is 9.78 Å². The molecule has 1 unspecified atom stereocenters. The van der Waals surface area contributed by atoms with E-state index in [9.17, 15) is 9.59 Å². The number of H-pyrrole nitrogens is 1. The monoisotopic (exact) mass is 463 g/mol. The molecule has 168 valence electrons. The van der Waals surface area contributed by atoms with E-state index in [4.69, 9.17) is 17.3 Å². The molecule has 5 rings (SSSR count). The summed E-state index contributed by atoms with van der Waals surface area (Å²) in [6.45, 7) is 0.0794. The number of halogens is 1. The highest BCUT2D eigenvalue weighted by Gasteiger charge is 2.22. The number of nitrogens with one attached hydrogen (secondary N) is 1. The van der Waals surface area contributed by atoms with Gasteiger partial charge >= 0.3 is 5.69 Å². The van der Waals surface area contributed by atoms with E-state index in [1.165, 1.54) is 9.13 Å². The smallest absolute Gasteiger partial charge is 0.332 e. The number of nitrogens with zero attached hydrogens (tertiary/aromatic N) is 5. The molecule has 0 saturated carbocycles. The van der Waals surface area contributed by atoms with E-state index >= 15 is 0 Å². The molecule has 0 fully saturated rings. The van der Waals surface area contributed by atoms with Crippen LogP contribution in [0.1, 0.15) is 23.1 Å². The van der Waals surface area contributed by atoms with Gasteiger partial charge in [0, 0.05) is 48.1 Å². The first kappa shape index (κ1) is 21.2. The van der Waals surface area contributed by atoms with E-state index in [0.29, 0.717) is 34.1 Å². The van der Waals surface area contributed by atoms with Crippen molar-refractivity contribution < 1.29 is 0 Å². The third-order valence-electron chi connectivity index (χ3n) is 5.93. The normalized spacial score (nSPS) is 12.6. The minimum atomic E-state index is -0.455. The molecule has 3 N–H and O–H groups in total. The molecule has 0 amide bonds. The van der Waals surface area contributed by atoms with Crippen molar-refractivity contribution in [3.8, 4) is 0 Å². The van der Waals surface area contributed by atoms with Gasteiger partial charge in [0.25, 0.3) is 5.56 Å². The molecule has 1 atom stereocenters. The molecule has 0 saturated heterocycles. The van der Waals surface area contributed by atoms with E-state index in [1.54, 1.807) is 37.1 Å². The van der Waals surface area contributed by atoms with Gasteiger partial charge in [0.1, 0.15) is 5.82 Å². The van der Waals surface area contributed by atoms with Crippen LogP contribution in [0.4, 0.5) is 0 Å². The number of hydrogen-bond donors (Lipinski definition) is 2. The van der Waals surface area contributed by atoms with Crippen LogP contribution in [-0.2, 0) is 27.1 Å². The molecule has 33 heavy (non-hydrogen) atoms. The van der Waals surface area contributed by atoms with Crippen molar-refractivity contribution in [2.45, 2.75) is 19.0 Å². The Kier molecular flexibility index (Phi) is 5.15. The fraction of sp³-hybridized carbons (Fsp3) is 0.217. The molecule has 0 bridgehead atoms. The fourth-order valence-electron chi connectivity index (χ4n) is 4.23. The van der Waals surface area contributed by atoms with Crippen LogP contribution < -0.4 is 17.0 Å². The number of aryl methyl sites for hydroxylation is 2. The van der Waals surface area contributed by atoms with Crippen molar-refractivity contribution in [1.29, 1.82) is 0 Å². The number of imidazole rings is 1. The Morgan fingerprint density at radius 2 is 1.88 bits per heavy atom. The largest absolute Gasteiger partial charge is 0.357 e. The summed E-state index contributed by atoms with van der Waals surface area (Å²) in [4.78, 5) is 38.3. The zero-order chi connectivity index (χ0) is 23.3. The second-order valence-electron chi connectivity index (χ2n) is 8.10. The number of nitrogens with two attached hydrogens (primary N) is 1. The van der Waals surface area contributed by atoms with Crippen LogP contribution in [0.25, 0.3) is 22.1 Å². The summed E-state index contributed by atoms with van der Waals surface area (Å²) in [5.41, 5.74) is 8.74. The first-order valence-corrected chi connectivity index (χ1v) is 10.8. The highest BCUT2D eigenvalue weighted by atomic mass is 35.5. The summed E-state index contributed by atoms with van der Waals surface area (Å²) in [6.07, 6.45) is 3.94. The van der Waals surface area contributed by atoms with Gasteiger partial charge in [0.05, 0.1) is 12.6 Å². The minimum Gasteiger partial charge on any atom is -0.357 e. The predicted molar refractivity (Wildman–Crippen MR) is 127 cm³/mol. The van der Waals surface area contributed by atoms with Gasteiger partial charge in [-0.2, -0.15) is 0 Å². The molecule has 0 aliphatic heterocycles. The van der Waals surface area contributed by atoms with Crippen LogP contribution in [0.2, 0.25) is 5.02 Å². The van der Waals surface area contributed by atoms with Crippen LogP contribution in [-0.4, -0.2) is 28.7 Å². The zero-order valence-corrected chi connectivity index (χ0v) is 18.9. The van der Waals surface area contributed by atoms with Gasteiger partial charge in [-0.05, 0) is 42.3 Å². The van der Waals surface area contributed by atoms with Crippen LogP contribution >= 0.6 is 11.6 Å². The van der Waals surface area contributed by atoms with Gasteiger partial charge < -0.3 is 15.3 Å². The highest BCUT2D eigenvalue weighted by Crippen LogP contribution is 2.24. The van der Waals surface area contributed by atoms with Crippen LogP contribution in [0, 0.1) is 0 Å². The Balaban J connectivity index is 1.59. The summed E-state index contributed by atoms with van der Waals surface area (Å²) in [5, 5.41) is 1.44. The third kappa shape index (κ3) is 3.55. The lowest BCUT2D eigenvalue weighted by molar-refractivity contribution is 0.635. The summed E-state index contributed by atoms with van der Waals surface area (Å²) in [5.74, 6) is 0.532.